The van der Waals surface area contributed by atoms with E-state index < -0.39 is 0 Å². The highest BCUT2D eigenvalue weighted by Gasteiger charge is 2.10. The highest BCUT2D eigenvalue weighted by Crippen LogP contribution is 2.22. The molecule has 1 aromatic carbocycles. The van der Waals surface area contributed by atoms with E-state index in [1.54, 1.807) is 7.11 Å². The molecule has 0 saturated heterocycles. The average molecular weight is 218 g/mol. The molecule has 0 amide bonds. The van der Waals surface area contributed by atoms with Gasteiger partial charge in [0.25, 0.3) is 6.01 Å². The third kappa shape index (κ3) is 2.03. The van der Waals surface area contributed by atoms with E-state index in [1.807, 2.05) is 18.2 Å². The molecule has 0 unspecified atom stereocenters. The fourth-order valence-corrected chi connectivity index (χ4v) is 1.81. The van der Waals surface area contributed by atoms with Gasteiger partial charge in [-0.2, -0.15) is 4.98 Å². The molecule has 0 aliphatic rings. The first-order valence-electron chi connectivity index (χ1n) is 5.71. The van der Waals surface area contributed by atoms with Crippen molar-refractivity contribution in [1.82, 2.24) is 9.55 Å². The highest BCUT2D eigenvalue weighted by atomic mass is 16.5. The SMILES string of the molecule is COc1nc2ccccc2n1CCC(C)C. The van der Waals surface area contributed by atoms with Gasteiger partial charge < -0.3 is 4.74 Å². The second-order valence-corrected chi connectivity index (χ2v) is 4.42. The molecule has 0 fully saturated rings. The minimum Gasteiger partial charge on any atom is -0.468 e. The van der Waals surface area contributed by atoms with E-state index in [2.05, 4.69) is 29.5 Å². The number of hydrogen-bond donors (Lipinski definition) is 0. The minimum atomic E-state index is 0.686. The van der Waals surface area contributed by atoms with Crippen molar-refractivity contribution in [3.63, 3.8) is 0 Å². The maximum Gasteiger partial charge on any atom is 0.297 e. The number of aromatic nitrogens is 2. The fraction of sp³-hybridized carbons (Fsp3) is 0.462. The minimum absolute atomic E-state index is 0.686. The van der Waals surface area contributed by atoms with Gasteiger partial charge in [-0.15, -0.1) is 0 Å². The Balaban J connectivity index is 2.39. The van der Waals surface area contributed by atoms with Gasteiger partial charge in [0.2, 0.25) is 0 Å². The summed E-state index contributed by atoms with van der Waals surface area (Å²) in [4.78, 5) is 4.45. The maximum absolute atomic E-state index is 5.31. The molecule has 2 rings (SSSR count). The van der Waals surface area contributed by atoms with Crippen LogP contribution in [0.4, 0.5) is 0 Å². The van der Waals surface area contributed by atoms with Crippen LogP contribution in [0.25, 0.3) is 11.0 Å². The van der Waals surface area contributed by atoms with Crippen LogP contribution >= 0.6 is 0 Å². The first kappa shape index (κ1) is 11.0. The molecule has 3 nitrogen and oxygen atoms in total. The number of methoxy groups -OCH3 is 1. The molecule has 0 aliphatic carbocycles. The molecule has 0 spiro atoms. The lowest BCUT2D eigenvalue weighted by Gasteiger charge is -2.09. The Labute approximate surface area is 96.1 Å². The molecule has 1 heterocycles. The van der Waals surface area contributed by atoms with Crippen LogP contribution in [0.5, 0.6) is 6.01 Å². The van der Waals surface area contributed by atoms with Crippen molar-refractivity contribution < 1.29 is 4.74 Å². The van der Waals surface area contributed by atoms with Crippen molar-refractivity contribution in [2.45, 2.75) is 26.8 Å². The van der Waals surface area contributed by atoms with E-state index in [4.69, 9.17) is 4.74 Å². The number of nitrogens with zero attached hydrogens (tertiary/aromatic N) is 2. The summed E-state index contributed by atoms with van der Waals surface area (Å²) in [6.07, 6.45) is 1.14. The zero-order chi connectivity index (χ0) is 11.5. The van der Waals surface area contributed by atoms with Gasteiger partial charge in [-0.25, -0.2) is 0 Å². The Morgan fingerprint density at radius 2 is 2.06 bits per heavy atom. The average Bonchev–Trinajstić information content (AvgIpc) is 2.64. The van der Waals surface area contributed by atoms with E-state index in [1.165, 1.54) is 0 Å². The predicted molar refractivity (Wildman–Crippen MR) is 65.7 cm³/mol. The summed E-state index contributed by atoms with van der Waals surface area (Å²) in [6, 6.07) is 8.85. The first-order valence-corrected chi connectivity index (χ1v) is 5.71. The van der Waals surface area contributed by atoms with Crippen molar-refractivity contribution in [3.05, 3.63) is 24.3 Å². The molecule has 2 aromatic rings. The molecule has 1 aromatic heterocycles. The van der Waals surface area contributed by atoms with E-state index >= 15 is 0 Å². The molecule has 0 atom stereocenters. The number of fused-ring (bicyclic) bond motifs is 1. The van der Waals surface area contributed by atoms with Crippen LogP contribution in [-0.2, 0) is 6.54 Å². The second kappa shape index (κ2) is 4.56. The predicted octanol–water partition coefficient (Wildman–Crippen LogP) is 3.09. The van der Waals surface area contributed by atoms with Crippen LogP contribution in [0.2, 0.25) is 0 Å². The van der Waals surface area contributed by atoms with Gasteiger partial charge in [-0.1, -0.05) is 26.0 Å². The molecule has 0 bridgehead atoms. The van der Waals surface area contributed by atoms with Gasteiger partial charge in [-0.3, -0.25) is 4.57 Å². The zero-order valence-electron chi connectivity index (χ0n) is 10.1. The maximum atomic E-state index is 5.31. The highest BCUT2D eigenvalue weighted by molar-refractivity contribution is 5.76. The van der Waals surface area contributed by atoms with Crippen LogP contribution in [0, 0.1) is 5.92 Å². The summed E-state index contributed by atoms with van der Waals surface area (Å²) in [5.74, 6) is 0.686. The van der Waals surface area contributed by atoms with E-state index in [0.717, 1.165) is 24.0 Å². The number of ether oxygens (including phenoxy) is 1. The number of aryl methyl sites for hydroxylation is 1. The number of imidazole rings is 1. The van der Waals surface area contributed by atoms with Gasteiger partial charge in [0.1, 0.15) is 0 Å². The molecule has 16 heavy (non-hydrogen) atoms. The van der Waals surface area contributed by atoms with Crippen molar-refractivity contribution in [1.29, 1.82) is 0 Å². The Hall–Kier alpha value is -1.51. The molecule has 0 saturated carbocycles. The largest absolute Gasteiger partial charge is 0.468 e. The monoisotopic (exact) mass is 218 g/mol. The van der Waals surface area contributed by atoms with Gasteiger partial charge >= 0.3 is 0 Å². The fourth-order valence-electron chi connectivity index (χ4n) is 1.81. The lowest BCUT2D eigenvalue weighted by atomic mass is 10.1. The van der Waals surface area contributed by atoms with Crippen molar-refractivity contribution in [2.75, 3.05) is 7.11 Å². The molecular weight excluding hydrogens is 200 g/mol. The Morgan fingerprint density at radius 3 is 2.75 bits per heavy atom. The standard InChI is InChI=1S/C13H18N2O/c1-10(2)8-9-15-12-7-5-4-6-11(12)14-13(15)16-3/h4-7,10H,8-9H2,1-3H3. The lowest BCUT2D eigenvalue weighted by Crippen LogP contribution is -2.03. The molecule has 86 valence electrons. The van der Waals surface area contributed by atoms with E-state index in [0.29, 0.717) is 11.9 Å². The third-order valence-electron chi connectivity index (χ3n) is 2.73. The van der Waals surface area contributed by atoms with Crippen LogP contribution in [0.3, 0.4) is 0 Å². The quantitative estimate of drug-likeness (QED) is 0.788. The van der Waals surface area contributed by atoms with Crippen LogP contribution in [0.15, 0.2) is 24.3 Å². The summed E-state index contributed by atoms with van der Waals surface area (Å²) in [6.45, 7) is 5.42. The molecule has 0 N–H and O–H groups in total. The van der Waals surface area contributed by atoms with Crippen molar-refractivity contribution in [2.24, 2.45) is 5.92 Å². The summed E-state index contributed by atoms with van der Waals surface area (Å²) in [5, 5.41) is 0. The third-order valence-corrected chi connectivity index (χ3v) is 2.73. The number of benzene rings is 1. The Morgan fingerprint density at radius 1 is 1.31 bits per heavy atom. The summed E-state index contributed by atoms with van der Waals surface area (Å²) >= 11 is 0. The summed E-state index contributed by atoms with van der Waals surface area (Å²) < 4.78 is 7.46. The second-order valence-electron chi connectivity index (χ2n) is 4.42. The smallest absolute Gasteiger partial charge is 0.297 e. The number of hydrogen-bond acceptors (Lipinski definition) is 2. The van der Waals surface area contributed by atoms with Crippen LogP contribution in [-0.4, -0.2) is 16.7 Å². The van der Waals surface area contributed by atoms with Crippen molar-refractivity contribution >= 4 is 11.0 Å². The van der Waals surface area contributed by atoms with Crippen molar-refractivity contribution in [3.8, 4) is 6.01 Å². The van der Waals surface area contributed by atoms with E-state index in [9.17, 15) is 0 Å². The van der Waals surface area contributed by atoms with Crippen LogP contribution < -0.4 is 4.74 Å². The first-order chi connectivity index (χ1) is 7.72. The molecule has 0 aliphatic heterocycles. The molecule has 3 heteroatoms. The van der Waals surface area contributed by atoms with Gasteiger partial charge in [0, 0.05) is 6.54 Å². The normalized spacial score (nSPS) is 11.2. The van der Waals surface area contributed by atoms with Gasteiger partial charge in [0.15, 0.2) is 0 Å². The Kier molecular flexibility index (Phi) is 3.13. The number of para-hydroxylation sites is 2. The van der Waals surface area contributed by atoms with Gasteiger partial charge in [-0.05, 0) is 24.5 Å². The van der Waals surface area contributed by atoms with Gasteiger partial charge in [0.05, 0.1) is 18.1 Å². The van der Waals surface area contributed by atoms with Crippen LogP contribution in [0.1, 0.15) is 20.3 Å². The van der Waals surface area contributed by atoms with E-state index in [-0.39, 0.29) is 0 Å². The molecular formula is C13H18N2O. The number of rotatable bonds is 4. The lowest BCUT2D eigenvalue weighted by molar-refractivity contribution is 0.352. The summed E-state index contributed by atoms with van der Waals surface area (Å²) in [7, 11) is 1.67. The zero-order valence-corrected chi connectivity index (χ0v) is 10.1. The molecule has 0 radical (unpaired) electrons. The summed E-state index contributed by atoms with van der Waals surface area (Å²) in [5.41, 5.74) is 2.16. The Bertz CT molecular complexity index is 474. The topological polar surface area (TPSA) is 27.1 Å².